The monoisotopic (exact) mass is 289 g/mol. The molecular weight excluding hydrogens is 278 g/mol. The molecule has 2 aromatic carbocycles. The lowest BCUT2D eigenvalue weighted by Gasteiger charge is -2.08. The molecule has 0 fully saturated rings. The summed E-state index contributed by atoms with van der Waals surface area (Å²) in [6.45, 7) is 1.83. The van der Waals surface area contributed by atoms with E-state index < -0.39 is 10.1 Å². The maximum absolute atomic E-state index is 11.5. The number of aryl methyl sites for hydroxylation is 1. The summed E-state index contributed by atoms with van der Waals surface area (Å²) in [5, 5.41) is 7.96. The zero-order valence-electron chi connectivity index (χ0n) is 10.6. The smallest absolute Gasteiger partial charge is 0.282 e. The van der Waals surface area contributed by atoms with Crippen molar-refractivity contribution < 1.29 is 13.0 Å². The average molecular weight is 289 g/mol. The fourth-order valence-electron chi connectivity index (χ4n) is 2.06. The first kappa shape index (κ1) is 12.8. The third kappa shape index (κ3) is 2.06. The number of rotatable bonds is 2. The van der Waals surface area contributed by atoms with Crippen molar-refractivity contribution >= 4 is 21.2 Å². The fourth-order valence-corrected chi connectivity index (χ4v) is 2.71. The largest absolute Gasteiger partial charge is 0.296 e. The SMILES string of the molecule is Cc1ccc(S(=O)(=O)O)c(-n2nnc3ccccc32)c1. The molecule has 20 heavy (non-hydrogen) atoms. The minimum Gasteiger partial charge on any atom is -0.282 e. The number of aromatic nitrogens is 3. The van der Waals surface area contributed by atoms with Gasteiger partial charge in [-0.1, -0.05) is 23.4 Å². The van der Waals surface area contributed by atoms with Gasteiger partial charge in [-0.3, -0.25) is 4.55 Å². The van der Waals surface area contributed by atoms with E-state index in [4.69, 9.17) is 0 Å². The summed E-state index contributed by atoms with van der Waals surface area (Å²) in [5.41, 5.74) is 2.45. The van der Waals surface area contributed by atoms with Crippen LogP contribution in [0.25, 0.3) is 16.7 Å². The molecule has 0 bridgehead atoms. The molecule has 7 heteroatoms. The zero-order chi connectivity index (χ0) is 14.3. The van der Waals surface area contributed by atoms with Gasteiger partial charge >= 0.3 is 0 Å². The normalized spacial score (nSPS) is 11.9. The van der Waals surface area contributed by atoms with Crippen molar-refractivity contribution in [3.63, 3.8) is 0 Å². The molecule has 0 atom stereocenters. The second-order valence-electron chi connectivity index (χ2n) is 4.44. The van der Waals surface area contributed by atoms with E-state index >= 15 is 0 Å². The van der Waals surface area contributed by atoms with Crippen LogP contribution in [0.4, 0.5) is 0 Å². The highest BCUT2D eigenvalue weighted by Gasteiger charge is 2.19. The van der Waals surface area contributed by atoms with Crippen LogP contribution in [0, 0.1) is 6.92 Å². The summed E-state index contributed by atoms with van der Waals surface area (Å²) >= 11 is 0. The molecule has 0 aliphatic rings. The van der Waals surface area contributed by atoms with E-state index in [-0.39, 0.29) is 10.6 Å². The van der Waals surface area contributed by atoms with E-state index in [0.717, 1.165) is 5.56 Å². The van der Waals surface area contributed by atoms with Crippen LogP contribution in [0.5, 0.6) is 0 Å². The fraction of sp³-hybridized carbons (Fsp3) is 0.0769. The Hall–Kier alpha value is -2.25. The van der Waals surface area contributed by atoms with Gasteiger partial charge in [0, 0.05) is 0 Å². The quantitative estimate of drug-likeness (QED) is 0.729. The molecule has 6 nitrogen and oxygen atoms in total. The molecule has 0 amide bonds. The molecule has 3 rings (SSSR count). The molecule has 0 saturated carbocycles. The number of fused-ring (bicyclic) bond motifs is 1. The first-order chi connectivity index (χ1) is 9.47. The Balaban J connectivity index is 2.37. The second-order valence-corrected chi connectivity index (χ2v) is 5.83. The highest BCUT2D eigenvalue weighted by molar-refractivity contribution is 7.86. The topological polar surface area (TPSA) is 85.1 Å². The highest BCUT2D eigenvalue weighted by atomic mass is 32.2. The van der Waals surface area contributed by atoms with Gasteiger partial charge in [-0.25, -0.2) is 4.68 Å². The van der Waals surface area contributed by atoms with Crippen molar-refractivity contribution in [3.05, 3.63) is 48.0 Å². The van der Waals surface area contributed by atoms with Crippen LogP contribution < -0.4 is 0 Å². The van der Waals surface area contributed by atoms with Crippen molar-refractivity contribution in [2.75, 3.05) is 0 Å². The van der Waals surface area contributed by atoms with Crippen LogP contribution in [0.2, 0.25) is 0 Å². The van der Waals surface area contributed by atoms with E-state index in [0.29, 0.717) is 11.0 Å². The molecule has 0 radical (unpaired) electrons. The third-order valence-electron chi connectivity index (χ3n) is 2.97. The standard InChI is InChI=1S/C13H11N3O3S/c1-9-6-7-13(20(17,18)19)12(8-9)16-11-5-3-2-4-10(11)14-15-16/h2-8H,1H3,(H,17,18,19). The first-order valence-corrected chi connectivity index (χ1v) is 7.30. The van der Waals surface area contributed by atoms with Gasteiger partial charge in [0.25, 0.3) is 10.1 Å². The lowest BCUT2D eigenvalue weighted by atomic mass is 10.2. The Morgan fingerprint density at radius 3 is 2.65 bits per heavy atom. The van der Waals surface area contributed by atoms with Crippen LogP contribution >= 0.6 is 0 Å². The van der Waals surface area contributed by atoms with Crippen LogP contribution in [-0.2, 0) is 10.1 Å². The van der Waals surface area contributed by atoms with E-state index in [2.05, 4.69) is 10.3 Å². The highest BCUT2D eigenvalue weighted by Crippen LogP contribution is 2.24. The van der Waals surface area contributed by atoms with Crippen LogP contribution in [0.15, 0.2) is 47.4 Å². The number of hydrogen-bond acceptors (Lipinski definition) is 4. The molecule has 0 saturated heterocycles. The van der Waals surface area contributed by atoms with Crippen molar-refractivity contribution in [1.82, 2.24) is 15.0 Å². The Morgan fingerprint density at radius 1 is 1.15 bits per heavy atom. The van der Waals surface area contributed by atoms with Gasteiger partial charge in [0.05, 0.1) is 11.2 Å². The molecule has 1 aromatic heterocycles. The number of hydrogen-bond donors (Lipinski definition) is 1. The van der Waals surface area contributed by atoms with Gasteiger partial charge in [0.15, 0.2) is 0 Å². The zero-order valence-corrected chi connectivity index (χ0v) is 11.4. The number of para-hydroxylation sites is 1. The Kier molecular flexibility index (Phi) is 2.81. The van der Waals surface area contributed by atoms with Crippen LogP contribution in [0.1, 0.15) is 5.56 Å². The molecule has 102 valence electrons. The van der Waals surface area contributed by atoms with Crippen molar-refractivity contribution in [1.29, 1.82) is 0 Å². The Morgan fingerprint density at radius 2 is 1.90 bits per heavy atom. The van der Waals surface area contributed by atoms with Crippen molar-refractivity contribution in [2.24, 2.45) is 0 Å². The molecular formula is C13H11N3O3S. The van der Waals surface area contributed by atoms with E-state index in [1.165, 1.54) is 10.7 Å². The summed E-state index contributed by atoms with van der Waals surface area (Å²) in [4.78, 5) is -0.196. The van der Waals surface area contributed by atoms with Gasteiger partial charge in [-0.05, 0) is 36.8 Å². The lowest BCUT2D eigenvalue weighted by Crippen LogP contribution is -2.07. The van der Waals surface area contributed by atoms with Crippen molar-refractivity contribution in [2.45, 2.75) is 11.8 Å². The maximum atomic E-state index is 11.5. The van der Waals surface area contributed by atoms with Gasteiger partial charge in [-0.2, -0.15) is 8.42 Å². The minimum atomic E-state index is -4.33. The van der Waals surface area contributed by atoms with Crippen LogP contribution in [0.3, 0.4) is 0 Å². The van der Waals surface area contributed by atoms with Crippen molar-refractivity contribution in [3.8, 4) is 5.69 Å². The van der Waals surface area contributed by atoms with Gasteiger partial charge in [0.2, 0.25) is 0 Å². The van der Waals surface area contributed by atoms with E-state index in [1.54, 1.807) is 24.3 Å². The molecule has 0 aliphatic carbocycles. The van der Waals surface area contributed by atoms with Gasteiger partial charge in [-0.15, -0.1) is 5.10 Å². The molecule has 0 unspecified atom stereocenters. The number of benzene rings is 2. The molecule has 0 spiro atoms. The van der Waals surface area contributed by atoms with Gasteiger partial charge < -0.3 is 0 Å². The molecule has 3 aromatic rings. The Bertz CT molecular complexity index is 900. The molecule has 1 heterocycles. The van der Waals surface area contributed by atoms with Gasteiger partial charge in [0.1, 0.15) is 10.4 Å². The molecule has 0 aliphatic heterocycles. The summed E-state index contributed by atoms with van der Waals surface area (Å²) in [6, 6.07) is 11.8. The summed E-state index contributed by atoms with van der Waals surface area (Å²) in [6.07, 6.45) is 0. The summed E-state index contributed by atoms with van der Waals surface area (Å²) in [7, 11) is -4.33. The van der Waals surface area contributed by atoms with E-state index in [9.17, 15) is 13.0 Å². The first-order valence-electron chi connectivity index (χ1n) is 5.86. The average Bonchev–Trinajstić information content (AvgIpc) is 2.80. The van der Waals surface area contributed by atoms with Crippen LogP contribution in [-0.4, -0.2) is 28.0 Å². The lowest BCUT2D eigenvalue weighted by molar-refractivity contribution is 0.482. The molecule has 1 N–H and O–H groups in total. The predicted molar refractivity (Wildman–Crippen MR) is 73.4 cm³/mol. The predicted octanol–water partition coefficient (Wildman–Crippen LogP) is 1.98. The maximum Gasteiger partial charge on any atom is 0.296 e. The third-order valence-corrected chi connectivity index (χ3v) is 3.87. The summed E-state index contributed by atoms with van der Waals surface area (Å²) in [5.74, 6) is 0. The second kappa shape index (κ2) is 4.39. The minimum absolute atomic E-state index is 0.196. The summed E-state index contributed by atoms with van der Waals surface area (Å²) < 4.78 is 33.7. The van der Waals surface area contributed by atoms with E-state index in [1.807, 2.05) is 19.1 Å². The number of nitrogens with zero attached hydrogens (tertiary/aromatic N) is 3. The Labute approximate surface area is 115 Å².